The van der Waals surface area contributed by atoms with E-state index in [-0.39, 0.29) is 10.5 Å². The van der Waals surface area contributed by atoms with Crippen LogP contribution in [0.4, 0.5) is 5.69 Å². The molecule has 6 heteroatoms. The van der Waals surface area contributed by atoms with Crippen molar-refractivity contribution >= 4 is 33.2 Å². The van der Waals surface area contributed by atoms with Crippen LogP contribution in [0.5, 0.6) is 0 Å². The third-order valence-corrected chi connectivity index (χ3v) is 6.31. The zero-order chi connectivity index (χ0) is 19.6. The molecule has 4 nitrogen and oxygen atoms in total. The molecular formula is C21H18ClNO3S. The minimum Gasteiger partial charge on any atom is -0.268 e. The average Bonchev–Trinajstić information content (AvgIpc) is 2.66. The van der Waals surface area contributed by atoms with Gasteiger partial charge in [-0.1, -0.05) is 41.9 Å². The van der Waals surface area contributed by atoms with Gasteiger partial charge in [0.15, 0.2) is 0 Å². The van der Waals surface area contributed by atoms with Crippen molar-refractivity contribution in [3.05, 3.63) is 94.5 Å². The second-order valence-electron chi connectivity index (χ2n) is 6.11. The molecule has 0 spiro atoms. The van der Waals surface area contributed by atoms with Gasteiger partial charge in [0.25, 0.3) is 15.9 Å². The van der Waals surface area contributed by atoms with Crippen LogP contribution in [0.1, 0.15) is 21.5 Å². The van der Waals surface area contributed by atoms with Crippen LogP contribution in [0.3, 0.4) is 0 Å². The summed E-state index contributed by atoms with van der Waals surface area (Å²) in [5, 5.41) is 0.468. The first-order chi connectivity index (χ1) is 12.8. The SMILES string of the molecule is Cc1cccc(N(C(=O)c2ccc(Cl)cc2)S(=O)(=O)c2ccccc2)c1C. The van der Waals surface area contributed by atoms with Crippen LogP contribution in [0, 0.1) is 13.8 Å². The number of halogens is 1. The predicted octanol–water partition coefficient (Wildman–Crippen LogP) is 4.99. The number of benzene rings is 3. The Labute approximate surface area is 164 Å². The van der Waals surface area contributed by atoms with Gasteiger partial charge < -0.3 is 0 Å². The summed E-state index contributed by atoms with van der Waals surface area (Å²) in [5.41, 5.74) is 2.18. The molecule has 0 aliphatic carbocycles. The summed E-state index contributed by atoms with van der Waals surface area (Å²) in [6, 6.07) is 19.3. The van der Waals surface area contributed by atoms with E-state index >= 15 is 0 Å². The lowest BCUT2D eigenvalue weighted by molar-refractivity contribution is 0.100. The Balaban J connectivity index is 2.22. The first-order valence-electron chi connectivity index (χ1n) is 8.29. The molecule has 0 fully saturated rings. The Bertz CT molecular complexity index is 1080. The molecule has 0 radical (unpaired) electrons. The van der Waals surface area contributed by atoms with E-state index in [9.17, 15) is 13.2 Å². The fourth-order valence-corrected chi connectivity index (χ4v) is 4.33. The van der Waals surface area contributed by atoms with Crippen LogP contribution >= 0.6 is 11.6 Å². The van der Waals surface area contributed by atoms with Crippen LogP contribution in [-0.4, -0.2) is 14.3 Å². The zero-order valence-corrected chi connectivity index (χ0v) is 16.5. The number of carbonyl (C=O) groups excluding carboxylic acids is 1. The van der Waals surface area contributed by atoms with Gasteiger partial charge in [0.1, 0.15) is 0 Å². The van der Waals surface area contributed by atoms with E-state index in [0.717, 1.165) is 15.4 Å². The van der Waals surface area contributed by atoms with Crippen molar-refractivity contribution in [2.45, 2.75) is 18.7 Å². The normalized spacial score (nSPS) is 11.2. The van der Waals surface area contributed by atoms with E-state index in [4.69, 9.17) is 11.6 Å². The van der Waals surface area contributed by atoms with E-state index in [1.54, 1.807) is 49.4 Å². The maximum absolute atomic E-state index is 13.4. The number of nitrogens with zero attached hydrogens (tertiary/aromatic N) is 1. The summed E-state index contributed by atoms with van der Waals surface area (Å²) in [4.78, 5) is 13.3. The van der Waals surface area contributed by atoms with Crippen molar-refractivity contribution in [1.29, 1.82) is 0 Å². The maximum atomic E-state index is 13.4. The van der Waals surface area contributed by atoms with Gasteiger partial charge in [-0.3, -0.25) is 4.79 Å². The van der Waals surface area contributed by atoms with Gasteiger partial charge in [0.05, 0.1) is 10.6 Å². The minimum absolute atomic E-state index is 0.0493. The molecule has 3 aromatic rings. The number of hydrogen-bond donors (Lipinski definition) is 0. The Kier molecular flexibility index (Phi) is 5.35. The zero-order valence-electron chi connectivity index (χ0n) is 14.9. The van der Waals surface area contributed by atoms with Gasteiger partial charge in [-0.25, -0.2) is 8.42 Å². The molecule has 0 saturated carbocycles. The first-order valence-corrected chi connectivity index (χ1v) is 10.1. The van der Waals surface area contributed by atoms with Gasteiger partial charge in [-0.05, 0) is 67.4 Å². The fourth-order valence-electron chi connectivity index (χ4n) is 2.71. The van der Waals surface area contributed by atoms with Gasteiger partial charge in [0.2, 0.25) is 0 Å². The van der Waals surface area contributed by atoms with E-state index in [2.05, 4.69) is 0 Å². The quantitative estimate of drug-likeness (QED) is 0.620. The van der Waals surface area contributed by atoms with E-state index < -0.39 is 15.9 Å². The second-order valence-corrected chi connectivity index (χ2v) is 8.34. The maximum Gasteiger partial charge on any atom is 0.272 e. The molecule has 3 rings (SSSR count). The molecule has 0 N–H and O–H groups in total. The minimum atomic E-state index is -4.10. The van der Waals surface area contributed by atoms with Crippen LogP contribution in [0.2, 0.25) is 5.02 Å². The molecule has 138 valence electrons. The largest absolute Gasteiger partial charge is 0.272 e. The molecule has 0 unspecified atom stereocenters. The first kappa shape index (κ1) is 19.1. The highest BCUT2D eigenvalue weighted by atomic mass is 35.5. The number of carbonyl (C=O) groups is 1. The number of anilines is 1. The lowest BCUT2D eigenvalue weighted by atomic mass is 10.1. The van der Waals surface area contributed by atoms with Crippen molar-refractivity contribution < 1.29 is 13.2 Å². The molecule has 1 amide bonds. The van der Waals surface area contributed by atoms with Gasteiger partial charge in [-0.15, -0.1) is 0 Å². The standard InChI is InChI=1S/C21H18ClNO3S/c1-15-7-6-10-20(16(15)2)23(21(24)17-11-13-18(22)14-12-17)27(25,26)19-8-4-3-5-9-19/h3-14H,1-2H3. The smallest absolute Gasteiger partial charge is 0.268 e. The summed E-state index contributed by atoms with van der Waals surface area (Å²) in [5.74, 6) is -0.635. The molecule has 0 aromatic heterocycles. The Morgan fingerprint density at radius 3 is 2.11 bits per heavy atom. The van der Waals surface area contributed by atoms with E-state index in [1.165, 1.54) is 24.3 Å². The molecular weight excluding hydrogens is 382 g/mol. The monoisotopic (exact) mass is 399 g/mol. The molecule has 0 aliphatic heterocycles. The average molecular weight is 400 g/mol. The summed E-state index contributed by atoms with van der Waals surface area (Å²) in [7, 11) is -4.10. The van der Waals surface area contributed by atoms with Crippen LogP contribution in [-0.2, 0) is 10.0 Å². The molecule has 0 bridgehead atoms. The highest BCUT2D eigenvalue weighted by molar-refractivity contribution is 7.93. The summed E-state index contributed by atoms with van der Waals surface area (Å²) in [6.07, 6.45) is 0. The van der Waals surface area contributed by atoms with Crippen LogP contribution in [0.15, 0.2) is 77.7 Å². The molecule has 0 aliphatic rings. The summed E-state index contributed by atoms with van der Waals surface area (Å²) >= 11 is 5.90. The van der Waals surface area contributed by atoms with E-state index in [1.807, 2.05) is 13.0 Å². The van der Waals surface area contributed by atoms with E-state index in [0.29, 0.717) is 10.7 Å². The van der Waals surface area contributed by atoms with Gasteiger partial charge >= 0.3 is 0 Å². The number of aryl methyl sites for hydroxylation is 1. The summed E-state index contributed by atoms with van der Waals surface area (Å²) in [6.45, 7) is 3.67. The second kappa shape index (κ2) is 7.55. The Morgan fingerprint density at radius 1 is 0.852 bits per heavy atom. The van der Waals surface area contributed by atoms with Crippen molar-refractivity contribution in [3.63, 3.8) is 0 Å². The topological polar surface area (TPSA) is 54.5 Å². The van der Waals surface area contributed by atoms with Crippen molar-refractivity contribution in [2.24, 2.45) is 0 Å². The molecule has 27 heavy (non-hydrogen) atoms. The lowest BCUT2D eigenvalue weighted by Gasteiger charge is -2.25. The highest BCUT2D eigenvalue weighted by Crippen LogP contribution is 2.30. The highest BCUT2D eigenvalue weighted by Gasteiger charge is 2.32. The third-order valence-electron chi connectivity index (χ3n) is 4.35. The van der Waals surface area contributed by atoms with Crippen molar-refractivity contribution in [3.8, 4) is 0 Å². The number of hydrogen-bond acceptors (Lipinski definition) is 3. The number of sulfonamides is 1. The lowest BCUT2D eigenvalue weighted by Crippen LogP contribution is -2.37. The van der Waals surface area contributed by atoms with Gasteiger partial charge in [-0.2, -0.15) is 4.31 Å². The molecule has 0 heterocycles. The third kappa shape index (κ3) is 3.75. The van der Waals surface area contributed by atoms with Crippen LogP contribution < -0.4 is 4.31 Å². The number of amides is 1. The van der Waals surface area contributed by atoms with Crippen LogP contribution in [0.25, 0.3) is 0 Å². The number of rotatable bonds is 4. The molecule has 0 atom stereocenters. The Hall–Kier alpha value is -2.63. The predicted molar refractivity (Wildman–Crippen MR) is 108 cm³/mol. The summed E-state index contributed by atoms with van der Waals surface area (Å²) < 4.78 is 27.6. The Morgan fingerprint density at radius 2 is 1.48 bits per heavy atom. The molecule has 3 aromatic carbocycles. The van der Waals surface area contributed by atoms with Crippen molar-refractivity contribution in [1.82, 2.24) is 0 Å². The fraction of sp³-hybridized carbons (Fsp3) is 0.0952. The van der Waals surface area contributed by atoms with Crippen molar-refractivity contribution in [2.75, 3.05) is 4.31 Å². The molecule has 0 saturated heterocycles. The van der Waals surface area contributed by atoms with Gasteiger partial charge in [0, 0.05) is 10.6 Å².